The fourth-order valence-electron chi connectivity index (χ4n) is 1.11. The van der Waals surface area contributed by atoms with Crippen LogP contribution in [0.25, 0.3) is 0 Å². The molecule has 0 atom stereocenters. The van der Waals surface area contributed by atoms with Crippen LogP contribution in [0.2, 0.25) is 0 Å². The Bertz CT molecular complexity index is 513. The average Bonchev–Trinajstić information content (AvgIpc) is 2.44. The number of thioether (sulfide) groups is 1. The largest absolute Gasteiger partial charge is 0.375 e. The number of hydrazone groups is 2. The van der Waals surface area contributed by atoms with Crippen LogP contribution in [-0.2, 0) is 5.75 Å². The highest BCUT2D eigenvalue weighted by molar-refractivity contribution is 8.22. The summed E-state index contributed by atoms with van der Waals surface area (Å²) in [5.41, 5.74) is 12.3. The molecule has 0 fully saturated rings. The Balaban J connectivity index is 2.29. The van der Waals surface area contributed by atoms with Gasteiger partial charge in [0.15, 0.2) is 9.43 Å². The first-order chi connectivity index (χ1) is 9.58. The van der Waals surface area contributed by atoms with Crippen LogP contribution in [0.15, 0.2) is 40.5 Å². The van der Waals surface area contributed by atoms with Gasteiger partial charge in [0.1, 0.15) is 0 Å². The first kappa shape index (κ1) is 16.5. The molecular weight excluding hydrogens is 310 g/mol. The zero-order chi connectivity index (χ0) is 14.8. The van der Waals surface area contributed by atoms with Crippen molar-refractivity contribution in [2.75, 3.05) is 0 Å². The third-order valence-corrected chi connectivity index (χ3v) is 3.33. The van der Waals surface area contributed by atoms with Gasteiger partial charge in [0, 0.05) is 5.75 Å². The summed E-state index contributed by atoms with van der Waals surface area (Å²) in [5, 5.41) is 7.96. The molecule has 1 aromatic rings. The van der Waals surface area contributed by atoms with E-state index in [1.165, 1.54) is 23.5 Å². The predicted molar refractivity (Wildman–Crippen MR) is 95.0 cm³/mol. The summed E-state index contributed by atoms with van der Waals surface area (Å²) < 4.78 is 0.597. The van der Waals surface area contributed by atoms with E-state index in [1.807, 2.05) is 18.2 Å². The van der Waals surface area contributed by atoms with Gasteiger partial charge in [-0.15, -0.1) is 0 Å². The molecule has 5 nitrogen and oxygen atoms in total. The van der Waals surface area contributed by atoms with E-state index >= 15 is 0 Å². The van der Waals surface area contributed by atoms with E-state index in [0.717, 1.165) is 5.75 Å². The fraction of sp³-hybridized carbons (Fsp3) is 0.167. The summed E-state index contributed by atoms with van der Waals surface area (Å²) in [4.78, 5) is 0. The molecule has 0 spiro atoms. The lowest BCUT2D eigenvalue weighted by atomic mass is 10.2. The smallest absolute Gasteiger partial charge is 0.184 e. The second-order valence-electron chi connectivity index (χ2n) is 3.66. The average molecular weight is 325 g/mol. The summed E-state index contributed by atoms with van der Waals surface area (Å²) in [7, 11) is 0. The van der Waals surface area contributed by atoms with Crippen molar-refractivity contribution in [1.82, 2.24) is 10.9 Å². The van der Waals surface area contributed by atoms with Gasteiger partial charge in [0.2, 0.25) is 0 Å². The number of nitrogens with one attached hydrogen (secondary N) is 2. The van der Waals surface area contributed by atoms with E-state index in [-0.39, 0.29) is 5.11 Å². The lowest BCUT2D eigenvalue weighted by Gasteiger charge is -2.02. The highest BCUT2D eigenvalue weighted by atomic mass is 32.2. The Morgan fingerprint density at radius 3 is 2.65 bits per heavy atom. The zero-order valence-corrected chi connectivity index (χ0v) is 13.3. The molecule has 0 amide bonds. The van der Waals surface area contributed by atoms with Crippen LogP contribution in [0.5, 0.6) is 0 Å². The molecule has 106 valence electrons. The van der Waals surface area contributed by atoms with Crippen LogP contribution in [-0.4, -0.2) is 21.4 Å². The third kappa shape index (κ3) is 7.82. The Hall–Kier alpha value is -1.51. The molecule has 1 rings (SSSR count). The van der Waals surface area contributed by atoms with Gasteiger partial charge in [-0.05, 0) is 24.7 Å². The van der Waals surface area contributed by atoms with Gasteiger partial charge < -0.3 is 5.73 Å². The van der Waals surface area contributed by atoms with Crippen LogP contribution in [0.3, 0.4) is 0 Å². The van der Waals surface area contributed by atoms with Gasteiger partial charge in [-0.2, -0.15) is 10.2 Å². The van der Waals surface area contributed by atoms with Crippen molar-refractivity contribution in [3.05, 3.63) is 35.9 Å². The molecule has 4 N–H and O–H groups in total. The van der Waals surface area contributed by atoms with E-state index in [9.17, 15) is 0 Å². The summed E-state index contributed by atoms with van der Waals surface area (Å²) in [6, 6.07) is 10.1. The number of rotatable bonds is 5. The van der Waals surface area contributed by atoms with Gasteiger partial charge in [0.25, 0.3) is 0 Å². The molecule has 0 aliphatic heterocycles. The maximum atomic E-state index is 5.24. The Morgan fingerprint density at radius 2 is 2.00 bits per heavy atom. The first-order valence-electron chi connectivity index (χ1n) is 5.67. The summed E-state index contributed by atoms with van der Waals surface area (Å²) in [6.07, 6.45) is 1.53. The normalized spacial score (nSPS) is 11.3. The van der Waals surface area contributed by atoms with Crippen molar-refractivity contribution in [1.29, 1.82) is 0 Å². The number of nitrogens with zero attached hydrogens (tertiary/aromatic N) is 2. The molecule has 0 heterocycles. The highest BCUT2D eigenvalue weighted by Crippen LogP contribution is 2.12. The number of benzene rings is 1. The number of hydrogen-bond acceptors (Lipinski definition) is 5. The van der Waals surface area contributed by atoms with Gasteiger partial charge in [-0.25, -0.2) is 0 Å². The van der Waals surface area contributed by atoms with Crippen molar-refractivity contribution in [2.45, 2.75) is 12.7 Å². The maximum absolute atomic E-state index is 5.24. The Kier molecular flexibility index (Phi) is 7.78. The van der Waals surface area contributed by atoms with Crippen LogP contribution in [0.4, 0.5) is 0 Å². The summed E-state index contributed by atoms with van der Waals surface area (Å²) >= 11 is 11.3. The molecule has 0 bridgehead atoms. The van der Waals surface area contributed by atoms with E-state index in [0.29, 0.717) is 10.0 Å². The van der Waals surface area contributed by atoms with E-state index in [4.69, 9.17) is 18.0 Å². The minimum Gasteiger partial charge on any atom is -0.375 e. The second kappa shape index (κ2) is 9.40. The van der Waals surface area contributed by atoms with Gasteiger partial charge in [-0.3, -0.25) is 10.9 Å². The highest BCUT2D eigenvalue weighted by Gasteiger charge is 1.97. The lowest BCUT2D eigenvalue weighted by Crippen LogP contribution is -2.25. The van der Waals surface area contributed by atoms with Gasteiger partial charge in [-0.1, -0.05) is 54.3 Å². The third-order valence-electron chi connectivity index (χ3n) is 1.96. The van der Waals surface area contributed by atoms with Crippen molar-refractivity contribution >= 4 is 57.6 Å². The van der Waals surface area contributed by atoms with Gasteiger partial charge >= 0.3 is 0 Å². The maximum Gasteiger partial charge on any atom is 0.184 e. The van der Waals surface area contributed by atoms with Crippen molar-refractivity contribution in [2.24, 2.45) is 15.9 Å². The minimum atomic E-state index is 0.111. The van der Waals surface area contributed by atoms with E-state index < -0.39 is 0 Å². The summed E-state index contributed by atoms with van der Waals surface area (Å²) in [5.74, 6) is 0.804. The van der Waals surface area contributed by atoms with Crippen molar-refractivity contribution in [3.63, 3.8) is 0 Å². The van der Waals surface area contributed by atoms with E-state index in [1.54, 1.807) is 6.92 Å². The molecule has 0 aliphatic rings. The van der Waals surface area contributed by atoms with Crippen LogP contribution in [0.1, 0.15) is 12.5 Å². The molecule has 0 saturated carbocycles. The Morgan fingerprint density at radius 1 is 1.30 bits per heavy atom. The minimum absolute atomic E-state index is 0.111. The molecule has 8 heteroatoms. The SMILES string of the molecule is CC(/C=N/NC(=S)SCc1ccccc1)=N\NC(N)=S. The predicted octanol–water partition coefficient (Wildman–Crippen LogP) is 1.99. The second-order valence-corrected chi connectivity index (χ2v) is 5.75. The molecular formula is C12H15N5S3. The van der Waals surface area contributed by atoms with Gasteiger partial charge in [0.05, 0.1) is 11.9 Å². The molecule has 1 aromatic carbocycles. The van der Waals surface area contributed by atoms with Crippen molar-refractivity contribution < 1.29 is 0 Å². The van der Waals surface area contributed by atoms with E-state index in [2.05, 4.69) is 45.4 Å². The molecule has 0 radical (unpaired) electrons. The van der Waals surface area contributed by atoms with Crippen LogP contribution >= 0.6 is 36.2 Å². The lowest BCUT2D eigenvalue weighted by molar-refractivity contribution is 1.03. The van der Waals surface area contributed by atoms with Crippen LogP contribution in [0, 0.1) is 0 Å². The quantitative estimate of drug-likeness (QED) is 0.437. The summed E-state index contributed by atoms with van der Waals surface area (Å²) in [6.45, 7) is 1.76. The zero-order valence-electron chi connectivity index (χ0n) is 10.9. The standard InChI is InChI=1S/C12H15N5S3/c1-9(15-16-11(13)18)7-14-17-12(19)20-8-10-5-3-2-4-6-10/h2-7H,8H2,1H3,(H,17,19)(H3,13,16,18)/b14-7+,15-9+. The topological polar surface area (TPSA) is 74.8 Å². The molecule has 20 heavy (non-hydrogen) atoms. The number of hydrogen-bond donors (Lipinski definition) is 3. The molecule has 0 aliphatic carbocycles. The fourth-order valence-corrected chi connectivity index (χ4v) is 1.99. The monoisotopic (exact) mass is 325 g/mol. The first-order valence-corrected chi connectivity index (χ1v) is 7.47. The number of nitrogens with two attached hydrogens (primary N) is 1. The van der Waals surface area contributed by atoms with Crippen molar-refractivity contribution in [3.8, 4) is 0 Å². The molecule has 0 aromatic heterocycles. The Labute approximate surface area is 133 Å². The number of thiocarbonyl (C=S) groups is 2. The molecule has 0 unspecified atom stereocenters. The molecule has 0 saturated heterocycles. The van der Waals surface area contributed by atoms with Crippen LogP contribution < -0.4 is 16.6 Å².